The van der Waals surface area contributed by atoms with Crippen LogP contribution in [0.3, 0.4) is 0 Å². The first-order valence-electron chi connectivity index (χ1n) is 11.0. The van der Waals surface area contributed by atoms with Crippen molar-refractivity contribution in [2.24, 2.45) is 0 Å². The molecule has 0 bridgehead atoms. The van der Waals surface area contributed by atoms with Crippen LogP contribution in [-0.2, 0) is 25.5 Å². The molecule has 2 heterocycles. The molecule has 0 saturated heterocycles. The van der Waals surface area contributed by atoms with Crippen molar-refractivity contribution < 1.29 is 29.1 Å². The SMILES string of the molecule is CO[C@H](C(=O)OCCc1nsc2c1C(c1cccc([N+](=O)[O-])c1)C(C(=O)O)=C(C)N2)c1ccccc1. The van der Waals surface area contributed by atoms with Gasteiger partial charge in [0.25, 0.3) is 5.69 Å². The molecule has 0 aliphatic carbocycles. The van der Waals surface area contributed by atoms with Gasteiger partial charge in [0.2, 0.25) is 0 Å². The average Bonchev–Trinajstić information content (AvgIpc) is 3.26. The molecular weight excluding hydrogens is 486 g/mol. The second kappa shape index (κ2) is 10.7. The van der Waals surface area contributed by atoms with Gasteiger partial charge in [-0.05, 0) is 29.6 Å². The number of allylic oxidation sites excluding steroid dienone is 1. The second-order valence-corrected chi connectivity index (χ2v) is 8.84. The lowest BCUT2D eigenvalue weighted by atomic mass is 9.81. The number of aromatic nitrogens is 1. The summed E-state index contributed by atoms with van der Waals surface area (Å²) in [5.41, 5.74) is 2.64. The number of carbonyl (C=O) groups excluding carboxylic acids is 1. The number of nitro benzene ring substituents is 1. The number of nitro groups is 1. The van der Waals surface area contributed by atoms with E-state index in [2.05, 4.69) is 9.69 Å². The number of benzene rings is 2. The maximum atomic E-state index is 12.6. The van der Waals surface area contributed by atoms with Gasteiger partial charge in [0.05, 0.1) is 22.8 Å². The molecule has 0 radical (unpaired) electrons. The highest BCUT2D eigenvalue weighted by atomic mass is 32.1. The van der Waals surface area contributed by atoms with Gasteiger partial charge in [0.15, 0.2) is 6.10 Å². The van der Waals surface area contributed by atoms with Crippen LogP contribution in [0.1, 0.15) is 41.3 Å². The van der Waals surface area contributed by atoms with E-state index in [1.165, 1.54) is 25.3 Å². The topological polar surface area (TPSA) is 141 Å². The Morgan fingerprint density at radius 1 is 1.22 bits per heavy atom. The van der Waals surface area contributed by atoms with Crippen LogP contribution < -0.4 is 5.32 Å². The minimum atomic E-state index is -1.14. The molecule has 36 heavy (non-hydrogen) atoms. The number of carbonyl (C=O) groups is 2. The number of hydrogen-bond donors (Lipinski definition) is 2. The maximum Gasteiger partial charge on any atom is 0.339 e. The molecule has 2 aromatic carbocycles. The van der Waals surface area contributed by atoms with Crippen LogP contribution in [0, 0.1) is 10.1 Å². The van der Waals surface area contributed by atoms with E-state index < -0.39 is 28.9 Å². The Bertz CT molecular complexity index is 1340. The molecule has 11 heteroatoms. The lowest BCUT2D eigenvalue weighted by Gasteiger charge is -2.27. The van der Waals surface area contributed by atoms with Gasteiger partial charge in [-0.1, -0.05) is 42.5 Å². The number of rotatable bonds is 9. The van der Waals surface area contributed by atoms with Crippen molar-refractivity contribution in [1.29, 1.82) is 0 Å². The van der Waals surface area contributed by atoms with Crippen molar-refractivity contribution in [1.82, 2.24) is 4.37 Å². The Hall–Kier alpha value is -4.09. The van der Waals surface area contributed by atoms with Crippen molar-refractivity contribution in [3.63, 3.8) is 0 Å². The van der Waals surface area contributed by atoms with Gasteiger partial charge in [-0.2, -0.15) is 4.37 Å². The predicted molar refractivity (Wildman–Crippen MR) is 132 cm³/mol. The molecule has 0 fully saturated rings. The maximum absolute atomic E-state index is 12.6. The van der Waals surface area contributed by atoms with E-state index >= 15 is 0 Å². The number of aliphatic carboxylic acids is 1. The minimum absolute atomic E-state index is 0.00550. The number of fused-ring (bicyclic) bond motifs is 1. The quantitative estimate of drug-likeness (QED) is 0.243. The summed E-state index contributed by atoms with van der Waals surface area (Å²) in [4.78, 5) is 35.7. The molecule has 4 rings (SSSR count). The zero-order valence-electron chi connectivity index (χ0n) is 19.5. The molecule has 0 spiro atoms. The molecule has 10 nitrogen and oxygen atoms in total. The molecule has 2 atom stereocenters. The first kappa shape index (κ1) is 25.0. The van der Waals surface area contributed by atoms with E-state index in [1.807, 2.05) is 6.07 Å². The second-order valence-electron chi connectivity index (χ2n) is 8.07. The van der Waals surface area contributed by atoms with E-state index in [-0.39, 0.29) is 24.3 Å². The van der Waals surface area contributed by atoms with Crippen LogP contribution in [0.2, 0.25) is 0 Å². The number of methoxy groups -OCH3 is 1. The Labute approximate surface area is 210 Å². The van der Waals surface area contributed by atoms with Gasteiger partial charge in [-0.15, -0.1) is 0 Å². The van der Waals surface area contributed by atoms with Gasteiger partial charge in [-0.25, -0.2) is 9.59 Å². The number of esters is 1. The third-order valence-corrected chi connectivity index (χ3v) is 6.68. The third-order valence-electron chi connectivity index (χ3n) is 5.87. The van der Waals surface area contributed by atoms with E-state index in [9.17, 15) is 24.8 Å². The van der Waals surface area contributed by atoms with Crippen LogP contribution in [0.5, 0.6) is 0 Å². The van der Waals surface area contributed by atoms with E-state index in [0.29, 0.717) is 33.1 Å². The van der Waals surface area contributed by atoms with Crippen molar-refractivity contribution >= 4 is 34.2 Å². The normalized spacial score (nSPS) is 15.6. The van der Waals surface area contributed by atoms with Gasteiger partial charge in [0.1, 0.15) is 5.00 Å². The van der Waals surface area contributed by atoms with Gasteiger partial charge >= 0.3 is 11.9 Å². The van der Waals surface area contributed by atoms with Crippen LogP contribution in [0.15, 0.2) is 65.9 Å². The standard InChI is InChI=1S/C25H23N3O7S/c1-14-19(24(29)30)20(16-9-6-10-17(13-16)28(32)33)21-18(27-36-23(21)26-14)11-12-35-25(31)22(34-2)15-7-4-3-5-8-15/h3-10,13,20,22,26H,11-12H2,1-2H3,(H,29,30)/t20?,22-/m0/s1. The molecule has 2 N–H and O–H groups in total. The van der Waals surface area contributed by atoms with Crippen molar-refractivity contribution in [3.05, 3.63) is 98.4 Å². The summed E-state index contributed by atoms with van der Waals surface area (Å²) in [7, 11) is 1.42. The van der Waals surface area contributed by atoms with Crippen LogP contribution in [0.4, 0.5) is 10.7 Å². The molecular formula is C25H23N3O7S. The van der Waals surface area contributed by atoms with Gasteiger partial charge < -0.3 is 19.9 Å². The number of nitrogens with zero attached hydrogens (tertiary/aromatic N) is 2. The highest BCUT2D eigenvalue weighted by Crippen LogP contribution is 2.46. The van der Waals surface area contributed by atoms with E-state index in [1.54, 1.807) is 37.3 Å². The summed E-state index contributed by atoms with van der Waals surface area (Å²) >= 11 is 1.16. The lowest BCUT2D eigenvalue weighted by molar-refractivity contribution is -0.384. The first-order valence-corrected chi connectivity index (χ1v) is 11.8. The summed E-state index contributed by atoms with van der Waals surface area (Å²) < 4.78 is 15.3. The highest BCUT2D eigenvalue weighted by Gasteiger charge is 2.36. The van der Waals surface area contributed by atoms with Crippen LogP contribution in [0.25, 0.3) is 0 Å². The largest absolute Gasteiger partial charge is 0.478 e. The number of hydrogen-bond acceptors (Lipinski definition) is 9. The third kappa shape index (κ3) is 4.97. The Balaban J connectivity index is 1.61. The number of nitrogens with one attached hydrogen (secondary N) is 1. The summed E-state index contributed by atoms with van der Waals surface area (Å²) in [6.07, 6.45) is -0.652. The molecule has 1 aliphatic heterocycles. The minimum Gasteiger partial charge on any atom is -0.478 e. The van der Waals surface area contributed by atoms with Gasteiger partial charge in [-0.3, -0.25) is 10.1 Å². The average molecular weight is 510 g/mol. The number of anilines is 1. The van der Waals surface area contributed by atoms with E-state index in [4.69, 9.17) is 9.47 Å². The highest BCUT2D eigenvalue weighted by molar-refractivity contribution is 7.10. The number of non-ortho nitro benzene ring substituents is 1. The Morgan fingerprint density at radius 2 is 1.97 bits per heavy atom. The van der Waals surface area contributed by atoms with Crippen LogP contribution in [-0.4, -0.2) is 40.1 Å². The molecule has 1 unspecified atom stereocenters. The fourth-order valence-corrected chi connectivity index (χ4v) is 5.18. The molecule has 1 aromatic heterocycles. The molecule has 0 saturated carbocycles. The number of carboxylic acids is 1. The van der Waals surface area contributed by atoms with Gasteiger partial charge in [0, 0.05) is 42.8 Å². The van der Waals surface area contributed by atoms with Crippen molar-refractivity contribution in [2.45, 2.75) is 25.4 Å². The summed E-state index contributed by atoms with van der Waals surface area (Å²) in [6.45, 7) is 1.64. The molecule has 186 valence electrons. The first-order chi connectivity index (χ1) is 17.3. The van der Waals surface area contributed by atoms with Crippen molar-refractivity contribution in [2.75, 3.05) is 19.0 Å². The number of ether oxygens (including phenoxy) is 2. The van der Waals surface area contributed by atoms with E-state index in [0.717, 1.165) is 11.5 Å². The Morgan fingerprint density at radius 3 is 2.64 bits per heavy atom. The smallest absolute Gasteiger partial charge is 0.339 e. The van der Waals surface area contributed by atoms with Crippen LogP contribution >= 0.6 is 11.5 Å². The zero-order chi connectivity index (χ0) is 25.8. The van der Waals surface area contributed by atoms with Crippen molar-refractivity contribution in [3.8, 4) is 0 Å². The number of carboxylic acid groups (broad SMARTS) is 1. The lowest BCUT2D eigenvalue weighted by Crippen LogP contribution is -2.23. The monoisotopic (exact) mass is 509 g/mol. The summed E-state index contributed by atoms with van der Waals surface area (Å²) in [5, 5.41) is 25.1. The Kier molecular flexibility index (Phi) is 7.41. The zero-order valence-corrected chi connectivity index (χ0v) is 20.3. The summed E-state index contributed by atoms with van der Waals surface area (Å²) in [5.74, 6) is -2.47. The fraction of sp³-hybridized carbons (Fsp3) is 0.240. The fourth-order valence-electron chi connectivity index (χ4n) is 4.25. The molecule has 3 aromatic rings. The molecule has 0 amide bonds. The summed E-state index contributed by atoms with van der Waals surface area (Å²) in [6, 6.07) is 14.9. The molecule has 1 aliphatic rings. The predicted octanol–water partition coefficient (Wildman–Crippen LogP) is 4.44.